The molecule has 0 aliphatic carbocycles. The second-order valence-corrected chi connectivity index (χ2v) is 4.51. The van der Waals surface area contributed by atoms with E-state index in [0.717, 1.165) is 21.5 Å². The van der Waals surface area contributed by atoms with Crippen molar-refractivity contribution in [2.75, 3.05) is 13.7 Å². The number of hydrogen-bond donors (Lipinski definition) is 0. The second kappa shape index (κ2) is 4.75. The average molecular weight is 262 g/mol. The summed E-state index contributed by atoms with van der Waals surface area (Å²) in [5.74, 6) is 0.790. The highest BCUT2D eigenvalue weighted by Crippen LogP contribution is 2.22. The van der Waals surface area contributed by atoms with Crippen LogP contribution in [0.3, 0.4) is 0 Å². The normalized spacial score (nSPS) is 11.2. The van der Waals surface area contributed by atoms with E-state index in [1.54, 1.807) is 30.2 Å². The van der Waals surface area contributed by atoms with Gasteiger partial charge in [0.15, 0.2) is 10.8 Å². The van der Waals surface area contributed by atoms with Crippen LogP contribution in [0.2, 0.25) is 0 Å². The van der Waals surface area contributed by atoms with Crippen LogP contribution in [0.25, 0.3) is 15.7 Å². The van der Waals surface area contributed by atoms with Crippen molar-refractivity contribution in [1.82, 2.24) is 29.8 Å². The topological polar surface area (TPSA) is 78.1 Å². The molecular weight excluding hydrogens is 252 g/mol. The fourth-order valence-electron chi connectivity index (χ4n) is 1.52. The van der Waals surface area contributed by atoms with E-state index in [4.69, 9.17) is 4.74 Å². The largest absolute Gasteiger partial charge is 0.384 e. The number of nitrogens with zero attached hydrogens (tertiary/aromatic N) is 6. The summed E-state index contributed by atoms with van der Waals surface area (Å²) in [6, 6.07) is 0. The number of rotatable bonds is 4. The van der Waals surface area contributed by atoms with Crippen molar-refractivity contribution < 1.29 is 4.74 Å². The third-order valence-electron chi connectivity index (χ3n) is 2.37. The highest BCUT2D eigenvalue weighted by Gasteiger charge is 2.13. The van der Waals surface area contributed by atoms with Crippen LogP contribution >= 0.6 is 11.3 Å². The van der Waals surface area contributed by atoms with Crippen LogP contribution < -0.4 is 0 Å². The summed E-state index contributed by atoms with van der Waals surface area (Å²) in [5, 5.41) is 13.4. The van der Waals surface area contributed by atoms with Crippen LogP contribution in [0.5, 0.6) is 0 Å². The van der Waals surface area contributed by atoms with E-state index in [1.165, 1.54) is 11.3 Å². The third-order valence-corrected chi connectivity index (χ3v) is 3.29. The van der Waals surface area contributed by atoms with Gasteiger partial charge in [-0.3, -0.25) is 9.97 Å². The molecule has 0 atom stereocenters. The predicted molar refractivity (Wildman–Crippen MR) is 65.3 cm³/mol. The molecule has 3 heterocycles. The molecule has 0 spiro atoms. The molecule has 0 N–H and O–H groups in total. The first-order chi connectivity index (χ1) is 8.88. The zero-order chi connectivity index (χ0) is 12.4. The van der Waals surface area contributed by atoms with E-state index in [2.05, 4.69) is 25.3 Å². The fraction of sp³-hybridized carbons (Fsp3) is 0.300. The van der Waals surface area contributed by atoms with Crippen LogP contribution in [0.1, 0.15) is 5.82 Å². The van der Waals surface area contributed by atoms with Gasteiger partial charge in [0.2, 0.25) is 4.96 Å². The maximum absolute atomic E-state index is 5.03. The Labute approximate surface area is 106 Å². The highest BCUT2D eigenvalue weighted by molar-refractivity contribution is 7.19. The van der Waals surface area contributed by atoms with Gasteiger partial charge in [-0.15, -0.1) is 10.2 Å². The first kappa shape index (κ1) is 11.2. The van der Waals surface area contributed by atoms with E-state index < -0.39 is 0 Å². The number of methoxy groups -OCH3 is 1. The lowest BCUT2D eigenvalue weighted by Gasteiger charge is -1.95. The molecule has 0 aromatic carbocycles. The van der Waals surface area contributed by atoms with Gasteiger partial charge in [0.25, 0.3) is 0 Å². The van der Waals surface area contributed by atoms with Gasteiger partial charge in [0.1, 0.15) is 5.69 Å². The summed E-state index contributed by atoms with van der Waals surface area (Å²) in [7, 11) is 1.66. The van der Waals surface area contributed by atoms with Gasteiger partial charge in [-0.2, -0.15) is 9.61 Å². The summed E-state index contributed by atoms with van der Waals surface area (Å²) >= 11 is 1.44. The molecule has 3 aromatic rings. The summed E-state index contributed by atoms with van der Waals surface area (Å²) < 4.78 is 6.76. The molecule has 3 rings (SSSR count). The molecule has 0 bridgehead atoms. The molecule has 0 amide bonds. The van der Waals surface area contributed by atoms with Crippen molar-refractivity contribution in [3.8, 4) is 10.7 Å². The van der Waals surface area contributed by atoms with Gasteiger partial charge in [-0.05, 0) is 0 Å². The third kappa shape index (κ3) is 1.95. The maximum atomic E-state index is 5.03. The van der Waals surface area contributed by atoms with Gasteiger partial charge in [0, 0.05) is 25.9 Å². The van der Waals surface area contributed by atoms with Crippen LogP contribution in [0, 0.1) is 0 Å². The lowest BCUT2D eigenvalue weighted by Crippen LogP contribution is -2.01. The van der Waals surface area contributed by atoms with Crippen molar-refractivity contribution in [2.24, 2.45) is 0 Å². The van der Waals surface area contributed by atoms with Gasteiger partial charge >= 0.3 is 0 Å². The van der Waals surface area contributed by atoms with Crippen molar-refractivity contribution in [1.29, 1.82) is 0 Å². The standard InChI is InChI=1S/C10H10N6OS/c1-17-5-2-8-13-14-10-16(8)15-9(18-10)7-6-11-3-4-12-7/h3-4,6H,2,5H2,1H3. The van der Waals surface area contributed by atoms with Gasteiger partial charge in [-0.1, -0.05) is 11.3 Å². The lowest BCUT2D eigenvalue weighted by molar-refractivity contribution is 0.200. The molecule has 0 aliphatic rings. The molecule has 3 aromatic heterocycles. The molecule has 0 saturated carbocycles. The highest BCUT2D eigenvalue weighted by atomic mass is 32.1. The Bertz CT molecular complexity index is 649. The van der Waals surface area contributed by atoms with Gasteiger partial charge in [0.05, 0.1) is 12.8 Å². The Kier molecular flexibility index (Phi) is 2.95. The smallest absolute Gasteiger partial charge is 0.235 e. The van der Waals surface area contributed by atoms with Crippen LogP contribution in [0.15, 0.2) is 18.6 Å². The minimum atomic E-state index is 0.596. The molecule has 18 heavy (non-hydrogen) atoms. The molecule has 0 saturated heterocycles. The summed E-state index contributed by atoms with van der Waals surface area (Å²) in [4.78, 5) is 8.99. The first-order valence-electron chi connectivity index (χ1n) is 5.35. The van der Waals surface area contributed by atoms with E-state index in [-0.39, 0.29) is 0 Å². The molecule has 8 heteroatoms. The lowest BCUT2D eigenvalue weighted by atomic mass is 10.4. The summed E-state index contributed by atoms with van der Waals surface area (Å²) in [5.41, 5.74) is 0.741. The average Bonchev–Trinajstić information content (AvgIpc) is 2.98. The van der Waals surface area contributed by atoms with Crippen molar-refractivity contribution >= 4 is 16.3 Å². The Hall–Kier alpha value is -1.93. The van der Waals surface area contributed by atoms with Crippen LogP contribution in [-0.2, 0) is 11.2 Å². The number of hydrogen-bond acceptors (Lipinski definition) is 7. The molecule has 7 nitrogen and oxygen atoms in total. The monoisotopic (exact) mass is 262 g/mol. The minimum absolute atomic E-state index is 0.596. The fourth-order valence-corrected chi connectivity index (χ4v) is 2.34. The Morgan fingerprint density at radius 1 is 1.33 bits per heavy atom. The van der Waals surface area contributed by atoms with E-state index >= 15 is 0 Å². The Balaban J connectivity index is 1.99. The molecule has 0 fully saturated rings. The van der Waals surface area contributed by atoms with E-state index in [0.29, 0.717) is 13.0 Å². The molecule has 92 valence electrons. The zero-order valence-corrected chi connectivity index (χ0v) is 10.5. The summed E-state index contributed by atoms with van der Waals surface area (Å²) in [6.07, 6.45) is 5.64. The van der Waals surface area contributed by atoms with E-state index in [1.807, 2.05) is 0 Å². The zero-order valence-electron chi connectivity index (χ0n) is 9.65. The number of fused-ring (bicyclic) bond motifs is 1. The maximum Gasteiger partial charge on any atom is 0.235 e. The van der Waals surface area contributed by atoms with Gasteiger partial charge in [-0.25, -0.2) is 0 Å². The minimum Gasteiger partial charge on any atom is -0.384 e. The predicted octanol–water partition coefficient (Wildman–Crippen LogP) is 0.832. The quantitative estimate of drug-likeness (QED) is 0.693. The number of aromatic nitrogens is 6. The van der Waals surface area contributed by atoms with E-state index in [9.17, 15) is 0 Å². The van der Waals surface area contributed by atoms with Crippen molar-refractivity contribution in [3.05, 3.63) is 24.4 Å². The molecular formula is C10H10N6OS. The number of ether oxygens (including phenoxy) is 1. The molecule has 0 aliphatic heterocycles. The van der Waals surface area contributed by atoms with Crippen molar-refractivity contribution in [3.63, 3.8) is 0 Å². The van der Waals surface area contributed by atoms with Crippen LogP contribution in [0.4, 0.5) is 0 Å². The first-order valence-corrected chi connectivity index (χ1v) is 6.16. The molecule has 0 unspecified atom stereocenters. The molecule has 0 radical (unpaired) electrons. The Morgan fingerprint density at radius 3 is 3.06 bits per heavy atom. The second-order valence-electron chi connectivity index (χ2n) is 3.55. The van der Waals surface area contributed by atoms with Crippen molar-refractivity contribution in [2.45, 2.75) is 6.42 Å². The Morgan fingerprint density at radius 2 is 2.28 bits per heavy atom. The van der Waals surface area contributed by atoms with Crippen LogP contribution in [-0.4, -0.2) is 43.5 Å². The summed E-state index contributed by atoms with van der Waals surface area (Å²) in [6.45, 7) is 0.596. The SMILES string of the molecule is COCCc1nnc2sc(-c3cnccn3)nn12. The van der Waals surface area contributed by atoms with Gasteiger partial charge < -0.3 is 4.74 Å².